The zero-order valence-corrected chi connectivity index (χ0v) is 16.1. The minimum atomic E-state index is -0.671. The molecule has 0 fully saturated rings. The highest BCUT2D eigenvalue weighted by atomic mass is 16.6. The lowest BCUT2D eigenvalue weighted by Gasteiger charge is -2.05. The molecule has 0 aliphatic carbocycles. The van der Waals surface area contributed by atoms with Crippen molar-refractivity contribution in [3.8, 4) is 5.88 Å². The number of benzene rings is 1. The molecule has 0 saturated carbocycles. The molecule has 1 aromatic carbocycles. The van der Waals surface area contributed by atoms with Crippen LogP contribution in [0.15, 0.2) is 29.1 Å². The van der Waals surface area contributed by atoms with Crippen molar-refractivity contribution in [2.75, 3.05) is 7.11 Å². The van der Waals surface area contributed by atoms with Crippen LogP contribution < -0.4 is 5.56 Å². The van der Waals surface area contributed by atoms with Crippen molar-refractivity contribution in [1.29, 1.82) is 0 Å². The average Bonchev–Trinajstić information content (AvgIpc) is 2.68. The third kappa shape index (κ3) is 7.27. The second-order valence-corrected chi connectivity index (χ2v) is 4.67. The van der Waals surface area contributed by atoms with Crippen molar-refractivity contribution < 1.29 is 19.6 Å². The summed E-state index contributed by atoms with van der Waals surface area (Å²) in [6.07, 6.45) is -0.220. The van der Waals surface area contributed by atoms with Crippen molar-refractivity contribution in [2.24, 2.45) is 0 Å². The SMILES string of the molecule is CC.CC.COC(=O)Cc1c(O)nc(Cc2ccc([N+](=O)[O-])cc2)[nH]c1=O. The fourth-order valence-electron chi connectivity index (χ4n) is 1.92. The fraction of sp³-hybridized carbons (Fsp3) is 0.389. The van der Waals surface area contributed by atoms with Crippen molar-refractivity contribution in [1.82, 2.24) is 9.97 Å². The molecule has 1 aromatic heterocycles. The lowest BCUT2D eigenvalue weighted by atomic mass is 10.1. The maximum Gasteiger partial charge on any atom is 0.310 e. The van der Waals surface area contributed by atoms with E-state index in [1.807, 2.05) is 27.7 Å². The van der Waals surface area contributed by atoms with Gasteiger partial charge in [-0.05, 0) is 5.56 Å². The number of aromatic hydroxyl groups is 1. The number of non-ortho nitro benzene ring substituents is 1. The topological polar surface area (TPSA) is 135 Å². The molecule has 2 N–H and O–H groups in total. The van der Waals surface area contributed by atoms with Crippen LogP contribution in [0.3, 0.4) is 0 Å². The maximum atomic E-state index is 11.9. The van der Waals surface area contributed by atoms with E-state index in [1.165, 1.54) is 31.4 Å². The molecule has 148 valence electrons. The third-order valence-electron chi connectivity index (χ3n) is 3.11. The Hall–Kier alpha value is -3.23. The number of hydrogen-bond donors (Lipinski definition) is 2. The first-order valence-electron chi connectivity index (χ1n) is 8.52. The fourth-order valence-corrected chi connectivity index (χ4v) is 1.92. The molecule has 0 bridgehead atoms. The second-order valence-electron chi connectivity index (χ2n) is 4.67. The summed E-state index contributed by atoms with van der Waals surface area (Å²) in [5, 5.41) is 20.4. The monoisotopic (exact) mass is 379 g/mol. The van der Waals surface area contributed by atoms with Gasteiger partial charge in [0.1, 0.15) is 5.82 Å². The number of nitro benzene ring substituents is 1. The molecule has 0 amide bonds. The number of nitrogens with one attached hydrogen (secondary N) is 1. The number of esters is 1. The molecule has 0 unspecified atom stereocenters. The summed E-state index contributed by atoms with van der Waals surface area (Å²) in [6, 6.07) is 5.72. The second kappa shape index (κ2) is 12.2. The summed E-state index contributed by atoms with van der Waals surface area (Å²) in [6.45, 7) is 8.00. The van der Waals surface area contributed by atoms with Gasteiger partial charge in [-0.1, -0.05) is 39.8 Å². The molecule has 0 aliphatic heterocycles. The summed E-state index contributed by atoms with van der Waals surface area (Å²) in [7, 11) is 1.17. The van der Waals surface area contributed by atoms with Gasteiger partial charge in [0, 0.05) is 18.6 Å². The Morgan fingerprint density at radius 1 is 1.22 bits per heavy atom. The number of carbonyl (C=O) groups is 1. The molecule has 0 aliphatic rings. The van der Waals surface area contributed by atoms with Crippen LogP contribution in [0.4, 0.5) is 5.69 Å². The van der Waals surface area contributed by atoms with E-state index in [0.717, 1.165) is 0 Å². The minimum absolute atomic E-state index is 0.0496. The highest BCUT2D eigenvalue weighted by molar-refractivity contribution is 5.72. The first-order valence-corrected chi connectivity index (χ1v) is 8.52. The van der Waals surface area contributed by atoms with E-state index in [4.69, 9.17) is 0 Å². The number of aromatic amines is 1. The van der Waals surface area contributed by atoms with Crippen molar-refractivity contribution >= 4 is 11.7 Å². The van der Waals surface area contributed by atoms with E-state index in [1.54, 1.807) is 0 Å². The summed E-state index contributed by atoms with van der Waals surface area (Å²) in [5.74, 6) is -1.04. The molecule has 27 heavy (non-hydrogen) atoms. The van der Waals surface area contributed by atoms with Gasteiger partial charge < -0.3 is 14.8 Å². The largest absolute Gasteiger partial charge is 0.493 e. The molecule has 0 radical (unpaired) electrons. The molecule has 0 spiro atoms. The number of ether oxygens (including phenoxy) is 1. The minimum Gasteiger partial charge on any atom is -0.493 e. The Morgan fingerprint density at radius 2 is 1.78 bits per heavy atom. The number of methoxy groups -OCH3 is 1. The Balaban J connectivity index is 0.00000158. The van der Waals surface area contributed by atoms with Gasteiger partial charge in [0.25, 0.3) is 11.2 Å². The third-order valence-corrected chi connectivity index (χ3v) is 3.11. The van der Waals surface area contributed by atoms with Crippen molar-refractivity contribution in [2.45, 2.75) is 40.5 Å². The first kappa shape index (κ1) is 23.8. The molecule has 0 saturated heterocycles. The van der Waals surface area contributed by atoms with E-state index in [-0.39, 0.29) is 29.9 Å². The normalized spacial score (nSPS) is 9.22. The summed E-state index contributed by atoms with van der Waals surface area (Å²) in [4.78, 5) is 39.4. The van der Waals surface area contributed by atoms with Crippen LogP contribution in [0.5, 0.6) is 5.88 Å². The van der Waals surface area contributed by atoms with Gasteiger partial charge in [0.05, 0.1) is 24.0 Å². The molecule has 9 nitrogen and oxygen atoms in total. The Morgan fingerprint density at radius 3 is 2.22 bits per heavy atom. The van der Waals surface area contributed by atoms with E-state index >= 15 is 0 Å². The Labute approximate surface area is 157 Å². The number of hydrogen-bond acceptors (Lipinski definition) is 7. The van der Waals surface area contributed by atoms with Gasteiger partial charge in [-0.15, -0.1) is 0 Å². The first-order chi connectivity index (χ1) is 12.9. The van der Waals surface area contributed by atoms with Gasteiger partial charge in [0.2, 0.25) is 5.88 Å². The van der Waals surface area contributed by atoms with Crippen LogP contribution in [0, 0.1) is 10.1 Å². The predicted octanol–water partition coefficient (Wildman–Crippen LogP) is 2.74. The zero-order valence-electron chi connectivity index (χ0n) is 16.1. The molecule has 0 atom stereocenters. The maximum absolute atomic E-state index is 11.9. The molecule has 2 aromatic rings. The zero-order chi connectivity index (χ0) is 21.0. The Bertz CT molecular complexity index is 800. The summed E-state index contributed by atoms with van der Waals surface area (Å²) < 4.78 is 4.43. The number of rotatable bonds is 5. The smallest absolute Gasteiger partial charge is 0.310 e. The van der Waals surface area contributed by atoms with Gasteiger partial charge >= 0.3 is 5.97 Å². The van der Waals surface area contributed by atoms with Crippen LogP contribution in [0.2, 0.25) is 0 Å². The van der Waals surface area contributed by atoms with E-state index in [9.17, 15) is 24.8 Å². The molecule has 1 heterocycles. The number of aromatic nitrogens is 2. The van der Waals surface area contributed by atoms with Gasteiger partial charge in [-0.2, -0.15) is 4.98 Å². The van der Waals surface area contributed by atoms with Crippen LogP contribution in [0.25, 0.3) is 0 Å². The quantitative estimate of drug-likeness (QED) is 0.463. The average molecular weight is 379 g/mol. The standard InChI is InChI=1S/C14H13N3O6.2C2H6/c1-23-12(18)7-10-13(19)15-11(16-14(10)20)6-8-2-4-9(5-3-8)17(21)22;2*1-2/h2-5H,6-7H2,1H3,(H2,15,16,19,20);2*1-2H3. The predicted molar refractivity (Wildman–Crippen MR) is 101 cm³/mol. The highest BCUT2D eigenvalue weighted by Crippen LogP contribution is 2.15. The van der Waals surface area contributed by atoms with Crippen LogP contribution in [0.1, 0.15) is 44.6 Å². The van der Waals surface area contributed by atoms with Crippen molar-refractivity contribution in [3.63, 3.8) is 0 Å². The molecule has 2 rings (SSSR count). The van der Waals surface area contributed by atoms with Crippen molar-refractivity contribution in [3.05, 3.63) is 61.7 Å². The van der Waals surface area contributed by atoms with Gasteiger partial charge in [-0.25, -0.2) is 0 Å². The van der Waals surface area contributed by atoms with Crippen LogP contribution in [-0.4, -0.2) is 33.1 Å². The molecular formula is C18H25N3O6. The number of carbonyl (C=O) groups excluding carboxylic acids is 1. The molecule has 9 heteroatoms. The van der Waals surface area contributed by atoms with Gasteiger partial charge in [-0.3, -0.25) is 19.7 Å². The van der Waals surface area contributed by atoms with E-state index < -0.39 is 22.3 Å². The summed E-state index contributed by atoms with van der Waals surface area (Å²) in [5.41, 5.74) is -0.200. The number of nitrogens with zero attached hydrogens (tertiary/aromatic N) is 2. The number of nitro groups is 1. The van der Waals surface area contributed by atoms with E-state index in [2.05, 4.69) is 14.7 Å². The van der Waals surface area contributed by atoms with Crippen LogP contribution >= 0.6 is 0 Å². The van der Waals surface area contributed by atoms with Gasteiger partial charge in [0.15, 0.2) is 0 Å². The Kier molecular flexibility index (Phi) is 10.7. The highest BCUT2D eigenvalue weighted by Gasteiger charge is 2.15. The summed E-state index contributed by atoms with van der Waals surface area (Å²) >= 11 is 0. The molecular weight excluding hydrogens is 354 g/mol. The van der Waals surface area contributed by atoms with Crippen LogP contribution in [-0.2, 0) is 22.4 Å². The lowest BCUT2D eigenvalue weighted by molar-refractivity contribution is -0.384. The lowest BCUT2D eigenvalue weighted by Crippen LogP contribution is -2.20. The number of H-pyrrole nitrogens is 1. The van der Waals surface area contributed by atoms with E-state index in [0.29, 0.717) is 5.56 Å².